The Hall–Kier alpha value is -0.0317. The van der Waals surface area contributed by atoms with Crippen molar-refractivity contribution in [1.29, 1.82) is 0 Å². The van der Waals surface area contributed by atoms with Crippen molar-refractivity contribution < 1.29 is 30.2 Å². The molecule has 1 rings (SSSR count). The summed E-state index contributed by atoms with van der Waals surface area (Å²) < 4.78 is 18.0. The van der Waals surface area contributed by atoms with Crippen molar-refractivity contribution in [2.75, 3.05) is 6.61 Å². The van der Waals surface area contributed by atoms with E-state index in [4.69, 9.17) is 4.52 Å². The zero-order valence-electron chi connectivity index (χ0n) is 17.8. The largest absolute Gasteiger partial charge is 0.548 e. The molecule has 0 aromatic heterocycles. The summed E-state index contributed by atoms with van der Waals surface area (Å²) in [5.41, 5.74) is 1.35. The first kappa shape index (κ1) is 27.0. The van der Waals surface area contributed by atoms with Gasteiger partial charge in [-0.05, 0) is 47.4 Å². The fourth-order valence-electron chi connectivity index (χ4n) is 3.22. The zero-order valence-corrected chi connectivity index (χ0v) is 20.7. The Labute approximate surface area is 183 Å². The fraction of sp³-hybridized carbons (Fsp3) is 0.739. The number of hydrogen-bond donors (Lipinski definition) is 0. The van der Waals surface area contributed by atoms with E-state index in [-0.39, 0.29) is 21.1 Å². The summed E-state index contributed by atoms with van der Waals surface area (Å²) in [4.78, 5) is 0. The molecule has 0 saturated heterocycles. The Morgan fingerprint density at radius 1 is 0.852 bits per heavy atom. The molecule has 0 N–H and O–H groups in total. The third-order valence-electron chi connectivity index (χ3n) is 5.19. The molecule has 2 nitrogen and oxygen atoms in total. The first-order valence-corrected chi connectivity index (χ1v) is 12.1. The van der Waals surface area contributed by atoms with Crippen molar-refractivity contribution in [3.63, 3.8) is 0 Å². The molecule has 0 aliphatic heterocycles. The van der Waals surface area contributed by atoms with Gasteiger partial charge in [-0.25, -0.2) is 0 Å². The maximum atomic E-state index is 12.4. The number of benzene rings is 1. The van der Waals surface area contributed by atoms with Gasteiger partial charge in [0.25, 0.3) is 0 Å². The Bertz CT molecular complexity index is 476. The molecule has 2 unspecified atom stereocenters. The summed E-state index contributed by atoms with van der Waals surface area (Å²) in [6.07, 6.45) is 15.2. The van der Waals surface area contributed by atoms with E-state index in [2.05, 4.69) is 32.9 Å². The summed E-state index contributed by atoms with van der Waals surface area (Å²) in [7, 11) is -1.72. The maximum Gasteiger partial charge on any atom is 0.548 e. The van der Waals surface area contributed by atoms with E-state index in [1.54, 1.807) is 0 Å². The molecule has 0 bridgehead atoms. The first-order valence-electron chi connectivity index (χ1n) is 10.9. The molecular weight excluding hydrogens is 435 g/mol. The molecule has 0 spiro atoms. The molecular formula is C23H40MoO2P+. The maximum absolute atomic E-state index is 12.4. The first-order chi connectivity index (χ1) is 12.7. The molecule has 0 aliphatic rings. The second-order valence-electron chi connectivity index (χ2n) is 7.51. The standard InChI is InChI=1S/C23H40O2P.Mo/c1-4-7-9-10-11-12-13-15-22-16-18-23(19-17-22)26(24)25-20-21(6-3)14-8-5-2;/h16-19,21H,4-15,20H2,1-3H3;/q+1;. The molecule has 0 heterocycles. The molecule has 0 aliphatic carbocycles. The van der Waals surface area contributed by atoms with E-state index in [1.807, 2.05) is 12.1 Å². The Balaban J connectivity index is 0.00000676. The van der Waals surface area contributed by atoms with Crippen LogP contribution in [0, 0.1) is 5.92 Å². The van der Waals surface area contributed by atoms with Crippen molar-refractivity contribution in [2.24, 2.45) is 5.92 Å². The molecule has 2 atom stereocenters. The molecule has 0 saturated carbocycles. The normalized spacial score (nSPS) is 12.5. The van der Waals surface area contributed by atoms with Crippen LogP contribution in [0.25, 0.3) is 0 Å². The van der Waals surface area contributed by atoms with Gasteiger partial charge in [-0.2, -0.15) is 0 Å². The summed E-state index contributed by atoms with van der Waals surface area (Å²) in [5, 5.41) is 0.827. The smallest absolute Gasteiger partial charge is 0.141 e. The number of unbranched alkanes of at least 4 members (excludes halogenated alkanes) is 7. The predicted octanol–water partition coefficient (Wildman–Crippen LogP) is 7.58. The minimum atomic E-state index is -1.72. The zero-order chi connectivity index (χ0) is 19.0. The van der Waals surface area contributed by atoms with Gasteiger partial charge in [-0.1, -0.05) is 90.7 Å². The second kappa shape index (κ2) is 18.0. The van der Waals surface area contributed by atoms with E-state index in [0.29, 0.717) is 12.5 Å². The summed E-state index contributed by atoms with van der Waals surface area (Å²) in [6, 6.07) is 8.22. The van der Waals surface area contributed by atoms with Crippen molar-refractivity contribution in [3.8, 4) is 0 Å². The quantitative estimate of drug-likeness (QED) is 0.140. The molecule has 1 aromatic rings. The van der Waals surface area contributed by atoms with E-state index in [1.165, 1.54) is 69.8 Å². The molecule has 27 heavy (non-hydrogen) atoms. The molecule has 0 fully saturated rings. The van der Waals surface area contributed by atoms with Gasteiger partial charge in [-0.15, -0.1) is 4.52 Å². The van der Waals surface area contributed by atoms with Gasteiger partial charge in [0.05, 0.1) is 0 Å². The molecule has 154 valence electrons. The molecule has 0 radical (unpaired) electrons. The van der Waals surface area contributed by atoms with Crippen LogP contribution >= 0.6 is 8.03 Å². The minimum Gasteiger partial charge on any atom is -0.141 e. The SMILES string of the molecule is CCCCCCCCCc1ccc([P+](=O)OCC(CC)CCCC)cc1.[Mo]. The predicted molar refractivity (Wildman–Crippen MR) is 115 cm³/mol. The van der Waals surface area contributed by atoms with Crippen LogP contribution in [0.5, 0.6) is 0 Å². The van der Waals surface area contributed by atoms with E-state index >= 15 is 0 Å². The van der Waals surface area contributed by atoms with Gasteiger partial charge in [-0.3, -0.25) is 0 Å². The van der Waals surface area contributed by atoms with Gasteiger partial charge in [0.1, 0.15) is 6.61 Å². The van der Waals surface area contributed by atoms with Crippen LogP contribution in [0.3, 0.4) is 0 Å². The average Bonchev–Trinajstić information content (AvgIpc) is 2.67. The number of hydrogen-bond acceptors (Lipinski definition) is 2. The van der Waals surface area contributed by atoms with Gasteiger partial charge in [0.2, 0.25) is 5.30 Å². The van der Waals surface area contributed by atoms with Crippen molar-refractivity contribution >= 4 is 13.3 Å². The van der Waals surface area contributed by atoms with Crippen LogP contribution in [0.2, 0.25) is 0 Å². The third-order valence-corrected chi connectivity index (χ3v) is 6.29. The fourth-order valence-corrected chi connectivity index (χ4v) is 4.10. The van der Waals surface area contributed by atoms with Crippen molar-refractivity contribution in [2.45, 2.75) is 97.8 Å². The van der Waals surface area contributed by atoms with Gasteiger partial charge in [0.15, 0.2) is 0 Å². The van der Waals surface area contributed by atoms with E-state index in [9.17, 15) is 4.57 Å². The minimum absolute atomic E-state index is 0. The monoisotopic (exact) mass is 477 g/mol. The summed E-state index contributed by atoms with van der Waals surface area (Å²) >= 11 is 0. The Morgan fingerprint density at radius 2 is 1.44 bits per heavy atom. The number of aryl methyl sites for hydroxylation is 1. The summed E-state index contributed by atoms with van der Waals surface area (Å²) in [6.45, 7) is 7.28. The van der Waals surface area contributed by atoms with Gasteiger partial charge < -0.3 is 0 Å². The van der Waals surface area contributed by atoms with Crippen LogP contribution in [-0.2, 0) is 36.6 Å². The van der Waals surface area contributed by atoms with Crippen LogP contribution in [0.1, 0.15) is 97.0 Å². The van der Waals surface area contributed by atoms with E-state index in [0.717, 1.165) is 18.1 Å². The van der Waals surface area contributed by atoms with Crippen molar-refractivity contribution in [3.05, 3.63) is 29.8 Å². The van der Waals surface area contributed by atoms with E-state index < -0.39 is 8.03 Å². The van der Waals surface area contributed by atoms with Crippen LogP contribution < -0.4 is 5.30 Å². The Kier molecular flexibility index (Phi) is 18.0. The Morgan fingerprint density at radius 3 is 2.04 bits per heavy atom. The van der Waals surface area contributed by atoms with Gasteiger partial charge >= 0.3 is 8.03 Å². The summed E-state index contributed by atoms with van der Waals surface area (Å²) in [5.74, 6) is 0.533. The third kappa shape index (κ3) is 12.9. The van der Waals surface area contributed by atoms with Crippen LogP contribution in [-0.4, -0.2) is 6.61 Å². The molecule has 4 heteroatoms. The molecule has 1 aromatic carbocycles. The second-order valence-corrected chi connectivity index (χ2v) is 8.80. The van der Waals surface area contributed by atoms with Crippen LogP contribution in [0.4, 0.5) is 0 Å². The van der Waals surface area contributed by atoms with Gasteiger partial charge in [0, 0.05) is 21.1 Å². The molecule has 0 amide bonds. The topological polar surface area (TPSA) is 26.3 Å². The average molecular weight is 475 g/mol. The van der Waals surface area contributed by atoms with Crippen LogP contribution in [0.15, 0.2) is 24.3 Å². The van der Waals surface area contributed by atoms with Crippen molar-refractivity contribution in [1.82, 2.24) is 0 Å². The number of rotatable bonds is 16.